The highest BCUT2D eigenvalue weighted by molar-refractivity contribution is 5.47. The molecule has 0 amide bonds. The highest BCUT2D eigenvalue weighted by Gasteiger charge is 2.30. The first-order valence-corrected chi connectivity index (χ1v) is 7.73. The lowest BCUT2D eigenvalue weighted by Gasteiger charge is -2.32. The molecule has 1 aliphatic carbocycles. The Hall–Kier alpha value is -1.09. The largest absolute Gasteiger partial charge is 0.367 e. The predicted octanol–water partition coefficient (Wildman–Crippen LogP) is 3.59. The minimum absolute atomic E-state index is 0.552. The molecule has 3 nitrogen and oxygen atoms in total. The van der Waals surface area contributed by atoms with Crippen molar-refractivity contribution in [1.29, 1.82) is 0 Å². The summed E-state index contributed by atoms with van der Waals surface area (Å²) >= 11 is 0. The second kappa shape index (κ2) is 5.49. The number of nitrogens with one attached hydrogen (secondary N) is 1. The number of hydrogen-bond acceptors (Lipinski definition) is 3. The van der Waals surface area contributed by atoms with Gasteiger partial charge in [-0.05, 0) is 58.6 Å². The lowest BCUT2D eigenvalue weighted by molar-refractivity contribution is 0.205. The fourth-order valence-corrected chi connectivity index (χ4v) is 3.29. The monoisotopic (exact) mass is 259 g/mol. The summed E-state index contributed by atoms with van der Waals surface area (Å²) in [5, 5.41) is 3.65. The van der Waals surface area contributed by atoms with Crippen LogP contribution in [0.25, 0.3) is 0 Å². The van der Waals surface area contributed by atoms with E-state index < -0.39 is 0 Å². The van der Waals surface area contributed by atoms with Crippen LogP contribution in [-0.4, -0.2) is 28.5 Å². The Morgan fingerprint density at radius 1 is 1.26 bits per heavy atom. The highest BCUT2D eigenvalue weighted by atomic mass is 15.2. The maximum atomic E-state index is 4.60. The van der Waals surface area contributed by atoms with Gasteiger partial charge in [0.2, 0.25) is 0 Å². The predicted molar refractivity (Wildman–Crippen MR) is 79.3 cm³/mol. The molecule has 1 aromatic heterocycles. The van der Waals surface area contributed by atoms with Gasteiger partial charge in [-0.15, -0.1) is 0 Å². The minimum Gasteiger partial charge on any atom is -0.367 e. The van der Waals surface area contributed by atoms with Crippen molar-refractivity contribution in [1.82, 2.24) is 9.88 Å². The van der Waals surface area contributed by atoms with Crippen LogP contribution in [0.1, 0.15) is 57.6 Å². The molecule has 0 bridgehead atoms. The number of pyridine rings is 1. The molecule has 1 aliphatic heterocycles. The Labute approximate surface area is 116 Å². The van der Waals surface area contributed by atoms with Gasteiger partial charge in [0.1, 0.15) is 5.82 Å². The highest BCUT2D eigenvalue weighted by Crippen LogP contribution is 2.37. The molecule has 1 saturated heterocycles. The molecule has 1 atom stereocenters. The van der Waals surface area contributed by atoms with Gasteiger partial charge in [-0.3, -0.25) is 4.90 Å². The zero-order chi connectivity index (χ0) is 13.2. The summed E-state index contributed by atoms with van der Waals surface area (Å²) in [4.78, 5) is 7.22. The number of rotatable bonds is 4. The third-order valence-electron chi connectivity index (χ3n) is 4.60. The first-order chi connectivity index (χ1) is 9.25. The van der Waals surface area contributed by atoms with Gasteiger partial charge in [0, 0.05) is 29.9 Å². The Kier molecular flexibility index (Phi) is 3.74. The Balaban J connectivity index is 1.82. The smallest absolute Gasteiger partial charge is 0.130 e. The van der Waals surface area contributed by atoms with E-state index in [1.807, 2.05) is 6.20 Å². The topological polar surface area (TPSA) is 28.2 Å². The van der Waals surface area contributed by atoms with Gasteiger partial charge in [-0.2, -0.15) is 0 Å². The minimum atomic E-state index is 0.552. The van der Waals surface area contributed by atoms with Gasteiger partial charge in [-0.25, -0.2) is 4.98 Å². The summed E-state index contributed by atoms with van der Waals surface area (Å²) in [6, 6.07) is 6.17. The average molecular weight is 259 g/mol. The molecule has 0 spiro atoms. The second-order valence-electron chi connectivity index (χ2n) is 6.20. The number of hydrogen-bond donors (Lipinski definition) is 1. The molecule has 0 radical (unpaired) electrons. The average Bonchev–Trinajstić information content (AvgIpc) is 2.83. The lowest BCUT2D eigenvalue weighted by Crippen LogP contribution is -2.32. The van der Waals surface area contributed by atoms with Crippen LogP contribution < -0.4 is 5.32 Å². The van der Waals surface area contributed by atoms with E-state index >= 15 is 0 Å². The molecule has 1 saturated carbocycles. The van der Waals surface area contributed by atoms with Crippen molar-refractivity contribution in [3.63, 3.8) is 0 Å². The molecule has 1 N–H and O–H groups in total. The van der Waals surface area contributed by atoms with Crippen LogP contribution >= 0.6 is 0 Å². The van der Waals surface area contributed by atoms with Crippen LogP contribution in [0.15, 0.2) is 18.3 Å². The van der Waals surface area contributed by atoms with Crippen molar-refractivity contribution < 1.29 is 0 Å². The molecule has 104 valence electrons. The van der Waals surface area contributed by atoms with Crippen molar-refractivity contribution in [3.8, 4) is 0 Å². The van der Waals surface area contributed by atoms with E-state index in [0.29, 0.717) is 18.1 Å². The summed E-state index contributed by atoms with van der Waals surface area (Å²) < 4.78 is 0. The first-order valence-electron chi connectivity index (χ1n) is 7.73. The maximum Gasteiger partial charge on any atom is 0.130 e. The Morgan fingerprint density at radius 3 is 2.79 bits per heavy atom. The van der Waals surface area contributed by atoms with Gasteiger partial charge in [0.05, 0.1) is 0 Å². The molecule has 2 heterocycles. The van der Waals surface area contributed by atoms with Crippen LogP contribution in [0.2, 0.25) is 0 Å². The standard InChI is InChI=1S/C16H25N3/c1-12(2)19-11-5-9-15(19)14-8-4-10-17-16(14)18-13-6-3-7-13/h4,8,10,12-13,15H,3,5-7,9,11H2,1-2H3,(H,17,18)/t15-/m0/s1. The summed E-state index contributed by atoms with van der Waals surface area (Å²) in [7, 11) is 0. The zero-order valence-electron chi connectivity index (χ0n) is 12.1. The Morgan fingerprint density at radius 2 is 2.11 bits per heavy atom. The van der Waals surface area contributed by atoms with Gasteiger partial charge in [0.15, 0.2) is 0 Å². The number of nitrogens with zero attached hydrogens (tertiary/aromatic N) is 2. The summed E-state index contributed by atoms with van der Waals surface area (Å²) in [6.07, 6.45) is 8.45. The van der Waals surface area contributed by atoms with Crippen molar-refractivity contribution in [3.05, 3.63) is 23.9 Å². The van der Waals surface area contributed by atoms with Gasteiger partial charge in [-0.1, -0.05) is 6.07 Å². The van der Waals surface area contributed by atoms with E-state index in [9.17, 15) is 0 Å². The van der Waals surface area contributed by atoms with E-state index in [-0.39, 0.29) is 0 Å². The second-order valence-corrected chi connectivity index (χ2v) is 6.20. The van der Waals surface area contributed by atoms with E-state index in [1.165, 1.54) is 44.2 Å². The molecule has 19 heavy (non-hydrogen) atoms. The van der Waals surface area contributed by atoms with E-state index in [4.69, 9.17) is 0 Å². The van der Waals surface area contributed by atoms with Gasteiger partial charge >= 0.3 is 0 Å². The molecular formula is C16H25N3. The van der Waals surface area contributed by atoms with Crippen LogP contribution in [-0.2, 0) is 0 Å². The number of anilines is 1. The van der Waals surface area contributed by atoms with Crippen LogP contribution in [0.3, 0.4) is 0 Å². The Bertz CT molecular complexity index is 426. The summed E-state index contributed by atoms with van der Waals surface area (Å²) in [5.41, 5.74) is 1.40. The normalized spacial score (nSPS) is 24.7. The van der Waals surface area contributed by atoms with E-state index in [0.717, 1.165) is 5.82 Å². The molecule has 2 aliphatic rings. The molecule has 3 rings (SSSR count). The van der Waals surface area contributed by atoms with Gasteiger partial charge in [0.25, 0.3) is 0 Å². The fourth-order valence-electron chi connectivity index (χ4n) is 3.29. The SMILES string of the molecule is CC(C)N1CCC[C@H]1c1cccnc1NC1CCC1. The van der Waals surface area contributed by atoms with Crippen molar-refractivity contribution in [2.45, 2.75) is 64.1 Å². The fraction of sp³-hybridized carbons (Fsp3) is 0.688. The lowest BCUT2D eigenvalue weighted by atomic mass is 9.92. The van der Waals surface area contributed by atoms with Crippen molar-refractivity contribution in [2.24, 2.45) is 0 Å². The molecule has 0 aromatic carbocycles. The number of likely N-dealkylation sites (tertiary alicyclic amines) is 1. The zero-order valence-corrected chi connectivity index (χ0v) is 12.1. The van der Waals surface area contributed by atoms with Crippen LogP contribution in [0.4, 0.5) is 5.82 Å². The maximum absolute atomic E-state index is 4.60. The first kappa shape index (κ1) is 12.9. The van der Waals surface area contributed by atoms with E-state index in [1.54, 1.807) is 0 Å². The van der Waals surface area contributed by atoms with Crippen molar-refractivity contribution in [2.75, 3.05) is 11.9 Å². The van der Waals surface area contributed by atoms with Crippen LogP contribution in [0, 0.1) is 0 Å². The third kappa shape index (κ3) is 2.62. The molecule has 3 heteroatoms. The summed E-state index contributed by atoms with van der Waals surface area (Å²) in [6.45, 7) is 5.82. The van der Waals surface area contributed by atoms with Crippen molar-refractivity contribution >= 4 is 5.82 Å². The molecular weight excluding hydrogens is 234 g/mol. The third-order valence-corrected chi connectivity index (χ3v) is 4.60. The molecule has 2 fully saturated rings. The van der Waals surface area contributed by atoms with E-state index in [2.05, 4.69) is 41.2 Å². The molecule has 1 aromatic rings. The number of aromatic nitrogens is 1. The quantitative estimate of drug-likeness (QED) is 0.895. The van der Waals surface area contributed by atoms with Gasteiger partial charge < -0.3 is 5.32 Å². The molecule has 0 unspecified atom stereocenters. The summed E-state index contributed by atoms with van der Waals surface area (Å²) in [5.74, 6) is 1.13. The van der Waals surface area contributed by atoms with Crippen LogP contribution in [0.5, 0.6) is 0 Å².